The molecule has 1 heterocycles. The monoisotopic (exact) mass is 362 g/mol. The van der Waals surface area contributed by atoms with Gasteiger partial charge in [0.2, 0.25) is 0 Å². The van der Waals surface area contributed by atoms with Gasteiger partial charge in [-0.25, -0.2) is 0 Å². The molecule has 1 rings (SSSR count). The first kappa shape index (κ1) is 20.9. The maximum absolute atomic E-state index is 10.8. The Bertz CT molecular complexity index is 305. The van der Waals surface area contributed by atoms with Crippen LogP contribution in [-0.4, -0.2) is 41.8 Å². The van der Waals surface area contributed by atoms with Crippen LogP contribution in [0.1, 0.15) is 53.9 Å². The summed E-state index contributed by atoms with van der Waals surface area (Å²) in [7, 11) is 3.33. The van der Waals surface area contributed by atoms with Gasteiger partial charge in [0.15, 0.2) is 5.79 Å². The van der Waals surface area contributed by atoms with Gasteiger partial charge in [-0.3, -0.25) is 0 Å². The summed E-state index contributed by atoms with van der Waals surface area (Å²) in [4.78, 5) is 5.71. The van der Waals surface area contributed by atoms with Crippen LogP contribution in [0.15, 0.2) is 0 Å². The second-order valence-corrected chi connectivity index (χ2v) is 6.25. The third kappa shape index (κ3) is 3.64. The van der Waals surface area contributed by atoms with E-state index in [0.29, 0.717) is 12.3 Å². The van der Waals surface area contributed by atoms with Crippen molar-refractivity contribution < 1.29 is 47.4 Å². The normalized spacial score (nSPS) is 40.2. The predicted molar refractivity (Wildman–Crippen MR) is 76.5 cm³/mol. The fraction of sp³-hybridized carbons (Fsp3) is 1.00. The van der Waals surface area contributed by atoms with Gasteiger partial charge in [-0.2, -0.15) is 5.06 Å². The molecule has 0 amide bonds. The molecule has 0 aromatic carbocycles. The van der Waals surface area contributed by atoms with E-state index in [0.717, 1.165) is 12.8 Å². The van der Waals surface area contributed by atoms with Crippen molar-refractivity contribution in [2.45, 2.75) is 71.2 Å². The number of hydroxylamine groups is 2. The fourth-order valence-electron chi connectivity index (χ4n) is 3.46. The topological polar surface area (TPSA) is 41.9 Å². The van der Waals surface area contributed by atoms with Crippen molar-refractivity contribution >= 4 is 0 Å². The molecular weight excluding hydrogens is 331 g/mol. The van der Waals surface area contributed by atoms with E-state index >= 15 is 0 Å². The van der Waals surface area contributed by atoms with Crippen molar-refractivity contribution in [2.75, 3.05) is 14.2 Å². The Morgan fingerprint density at radius 1 is 1.35 bits per heavy atom. The Balaban J connectivity index is 0.00000361. The Morgan fingerprint density at radius 3 is 2.25 bits per heavy atom. The molecule has 0 aliphatic carbocycles. The third-order valence-electron chi connectivity index (χ3n) is 5.20. The van der Waals surface area contributed by atoms with Crippen LogP contribution in [0.3, 0.4) is 0 Å². The summed E-state index contributed by atoms with van der Waals surface area (Å²) in [6.45, 7) is 10.7. The summed E-state index contributed by atoms with van der Waals surface area (Å²) >= 11 is 0. The van der Waals surface area contributed by atoms with Crippen molar-refractivity contribution in [1.29, 1.82) is 0 Å². The van der Waals surface area contributed by atoms with Crippen LogP contribution in [0.5, 0.6) is 0 Å². The summed E-state index contributed by atoms with van der Waals surface area (Å²) in [6, 6.07) is 0.152. The Hall–Kier alpha value is 0.944. The number of piperidine rings is 1. The van der Waals surface area contributed by atoms with Gasteiger partial charge in [0.25, 0.3) is 0 Å². The van der Waals surface area contributed by atoms with Crippen LogP contribution in [-0.2, 0) is 42.3 Å². The zero-order valence-electron chi connectivity index (χ0n) is 14.1. The SMILES string of the molecule is CCC(C)C1C(C)C(O)(OC)CC(C)(CC)N1OC.[Y]. The number of hydrogen-bond acceptors (Lipinski definition) is 4. The molecule has 0 aromatic rings. The summed E-state index contributed by atoms with van der Waals surface area (Å²) in [6.07, 6.45) is 2.52. The molecule has 1 N–H and O–H groups in total. The molecule has 4 nitrogen and oxygen atoms in total. The number of hydrogen-bond donors (Lipinski definition) is 1. The Morgan fingerprint density at radius 2 is 1.90 bits per heavy atom. The van der Waals surface area contributed by atoms with E-state index in [4.69, 9.17) is 9.57 Å². The average molecular weight is 362 g/mol. The van der Waals surface area contributed by atoms with E-state index < -0.39 is 5.79 Å². The van der Waals surface area contributed by atoms with Crippen LogP contribution < -0.4 is 0 Å². The van der Waals surface area contributed by atoms with Gasteiger partial charge >= 0.3 is 0 Å². The first-order valence-corrected chi connectivity index (χ1v) is 7.40. The van der Waals surface area contributed by atoms with Gasteiger partial charge in [0.05, 0.1) is 7.11 Å². The first-order valence-electron chi connectivity index (χ1n) is 7.40. The molecule has 1 saturated heterocycles. The smallest absolute Gasteiger partial charge is 0.171 e. The molecule has 0 aromatic heterocycles. The van der Waals surface area contributed by atoms with Gasteiger partial charge < -0.3 is 14.7 Å². The molecule has 5 heteroatoms. The Kier molecular flexibility index (Phi) is 8.36. The first-order chi connectivity index (χ1) is 8.79. The maximum atomic E-state index is 10.8. The molecule has 5 unspecified atom stereocenters. The van der Waals surface area contributed by atoms with Gasteiger partial charge in [0, 0.05) is 63.7 Å². The van der Waals surface area contributed by atoms with Crippen molar-refractivity contribution in [3.63, 3.8) is 0 Å². The molecule has 1 aliphatic rings. The molecular formula is C15H31NO3Y. The molecule has 1 aliphatic heterocycles. The third-order valence-corrected chi connectivity index (χ3v) is 5.20. The van der Waals surface area contributed by atoms with E-state index in [-0.39, 0.29) is 50.2 Å². The van der Waals surface area contributed by atoms with Crippen molar-refractivity contribution in [3.8, 4) is 0 Å². The van der Waals surface area contributed by atoms with Gasteiger partial charge in [-0.15, -0.1) is 0 Å². The van der Waals surface area contributed by atoms with E-state index in [1.54, 1.807) is 14.2 Å². The number of nitrogens with zero attached hydrogens (tertiary/aromatic N) is 1. The summed E-state index contributed by atoms with van der Waals surface area (Å²) in [5.74, 6) is -0.636. The van der Waals surface area contributed by atoms with E-state index in [1.165, 1.54) is 0 Å². The quantitative estimate of drug-likeness (QED) is 0.764. The molecule has 5 atom stereocenters. The zero-order valence-corrected chi connectivity index (χ0v) is 17.0. The van der Waals surface area contributed by atoms with Gasteiger partial charge in [-0.1, -0.05) is 34.1 Å². The van der Waals surface area contributed by atoms with E-state index in [9.17, 15) is 5.11 Å². The van der Waals surface area contributed by atoms with Crippen LogP contribution in [0.25, 0.3) is 0 Å². The minimum absolute atomic E-state index is 0. The number of ether oxygens (including phenoxy) is 1. The molecule has 0 spiro atoms. The molecule has 0 saturated carbocycles. The number of aliphatic hydroxyl groups is 1. The minimum atomic E-state index is -1.08. The standard InChI is InChI=1S/C15H31NO3.Y/c1-8-11(3)13-12(4)15(17,18-6)10-14(5,9-2)16(13)19-7;/h11-13,17H,8-10H2,1-7H3;. The molecule has 117 valence electrons. The summed E-state index contributed by atoms with van der Waals surface area (Å²) in [5, 5.41) is 12.9. The second-order valence-electron chi connectivity index (χ2n) is 6.25. The fourth-order valence-corrected chi connectivity index (χ4v) is 3.46. The molecule has 20 heavy (non-hydrogen) atoms. The molecule has 1 fully saturated rings. The molecule has 1 radical (unpaired) electrons. The van der Waals surface area contributed by atoms with E-state index in [2.05, 4.69) is 39.7 Å². The van der Waals surface area contributed by atoms with Crippen LogP contribution >= 0.6 is 0 Å². The predicted octanol–water partition coefficient (Wildman–Crippen LogP) is 2.81. The summed E-state index contributed by atoms with van der Waals surface area (Å²) < 4.78 is 5.48. The minimum Gasteiger partial charge on any atom is -0.365 e. The second kappa shape index (κ2) is 7.98. The van der Waals surface area contributed by atoms with Crippen LogP contribution in [0.2, 0.25) is 0 Å². The van der Waals surface area contributed by atoms with Crippen LogP contribution in [0, 0.1) is 11.8 Å². The average Bonchev–Trinajstić information content (AvgIpc) is 2.41. The molecule has 0 bridgehead atoms. The van der Waals surface area contributed by atoms with Crippen molar-refractivity contribution in [1.82, 2.24) is 5.06 Å². The van der Waals surface area contributed by atoms with Gasteiger partial charge in [-0.05, 0) is 19.3 Å². The van der Waals surface area contributed by atoms with Crippen molar-refractivity contribution in [2.24, 2.45) is 11.8 Å². The largest absolute Gasteiger partial charge is 0.365 e. The summed E-state index contributed by atoms with van der Waals surface area (Å²) in [5.41, 5.74) is -0.208. The number of rotatable bonds is 5. The van der Waals surface area contributed by atoms with Crippen LogP contribution in [0.4, 0.5) is 0 Å². The van der Waals surface area contributed by atoms with Gasteiger partial charge in [0.1, 0.15) is 0 Å². The zero-order chi connectivity index (χ0) is 14.8. The Labute approximate surface area is 149 Å². The number of methoxy groups -OCH3 is 1. The van der Waals surface area contributed by atoms with E-state index in [1.807, 2.05) is 0 Å². The maximum Gasteiger partial charge on any atom is 0.171 e. The van der Waals surface area contributed by atoms with Crippen molar-refractivity contribution in [3.05, 3.63) is 0 Å².